The molecule has 0 saturated heterocycles. The molecule has 3 aromatic rings. The zero-order valence-corrected chi connectivity index (χ0v) is 30.9. The van der Waals surface area contributed by atoms with Crippen molar-refractivity contribution < 1.29 is 23.1 Å². The van der Waals surface area contributed by atoms with Crippen molar-refractivity contribution in [1.82, 2.24) is 4.57 Å². The Balaban J connectivity index is 2.19. The summed E-state index contributed by atoms with van der Waals surface area (Å²) in [5.74, 6) is -1.14. The van der Waals surface area contributed by atoms with Gasteiger partial charge >= 0.3 is 5.97 Å². The summed E-state index contributed by atoms with van der Waals surface area (Å²) in [7, 11) is -4.50. The van der Waals surface area contributed by atoms with E-state index in [1.807, 2.05) is 24.3 Å². The lowest BCUT2D eigenvalue weighted by molar-refractivity contribution is -0.139. The molecule has 0 unspecified atom stereocenters. The molecule has 0 saturated carbocycles. The van der Waals surface area contributed by atoms with Crippen LogP contribution in [-0.4, -0.2) is 44.5 Å². The summed E-state index contributed by atoms with van der Waals surface area (Å²) in [5, 5.41) is 10.9. The van der Waals surface area contributed by atoms with Gasteiger partial charge in [-0.15, -0.1) is 0 Å². The Morgan fingerprint density at radius 1 is 0.909 bits per heavy atom. The first-order valence-corrected chi connectivity index (χ1v) is 21.6. The Labute approximate surface area is 266 Å². The third kappa shape index (κ3) is 8.39. The molecule has 0 bridgehead atoms. The van der Waals surface area contributed by atoms with E-state index in [-0.39, 0.29) is 34.5 Å². The number of para-hydroxylation sites is 1. The predicted octanol–water partition coefficient (Wildman–Crippen LogP) is 10.7. The smallest absolute Gasteiger partial charge is 0.305 e. The normalized spacial score (nSPS) is 15.0. The number of fused-ring (bicyclic) bond motifs is 1. The molecule has 1 N–H and O–H groups in total. The van der Waals surface area contributed by atoms with Crippen LogP contribution in [0, 0.1) is 5.82 Å². The van der Waals surface area contributed by atoms with E-state index in [1.165, 1.54) is 12.1 Å². The van der Waals surface area contributed by atoms with Crippen LogP contribution >= 0.6 is 0 Å². The zero-order chi connectivity index (χ0) is 33.3. The molecule has 2 atom stereocenters. The van der Waals surface area contributed by atoms with E-state index in [1.54, 1.807) is 0 Å². The fourth-order valence-corrected chi connectivity index (χ4v) is 7.71. The number of carboxylic acids is 1. The summed E-state index contributed by atoms with van der Waals surface area (Å²) in [6, 6.07) is 15.1. The molecular weight excluding hydrogens is 586 g/mol. The van der Waals surface area contributed by atoms with E-state index in [2.05, 4.69) is 110 Å². The Hall–Kier alpha value is -2.53. The van der Waals surface area contributed by atoms with Crippen LogP contribution in [0.1, 0.15) is 80.0 Å². The van der Waals surface area contributed by atoms with Crippen LogP contribution in [0.25, 0.3) is 28.1 Å². The number of halogens is 1. The van der Waals surface area contributed by atoms with Crippen LogP contribution in [0.5, 0.6) is 0 Å². The van der Waals surface area contributed by atoms with Gasteiger partial charge in [-0.3, -0.25) is 4.79 Å². The molecule has 0 amide bonds. The highest BCUT2D eigenvalue weighted by Crippen LogP contribution is 2.42. The van der Waals surface area contributed by atoms with Crippen molar-refractivity contribution in [2.45, 2.75) is 123 Å². The van der Waals surface area contributed by atoms with E-state index in [0.29, 0.717) is 6.42 Å². The van der Waals surface area contributed by atoms with E-state index < -0.39 is 28.7 Å². The molecule has 1 heterocycles. The number of aliphatic carboxylic acids is 1. The topological polar surface area (TPSA) is 60.7 Å². The minimum Gasteiger partial charge on any atom is -0.481 e. The molecule has 0 spiro atoms. The molecule has 5 nitrogen and oxygen atoms in total. The summed E-state index contributed by atoms with van der Waals surface area (Å²) >= 11 is 0. The third-order valence-electron chi connectivity index (χ3n) is 9.48. The summed E-state index contributed by atoms with van der Waals surface area (Å²) in [5.41, 5.74) is 4.09. The van der Waals surface area contributed by atoms with Gasteiger partial charge < -0.3 is 18.5 Å². The third-order valence-corrected chi connectivity index (χ3v) is 18.5. The Morgan fingerprint density at radius 3 is 1.98 bits per heavy atom. The second kappa shape index (κ2) is 13.5. The summed E-state index contributed by atoms with van der Waals surface area (Å²) in [4.78, 5) is 12.1. The van der Waals surface area contributed by atoms with Gasteiger partial charge in [0.25, 0.3) is 0 Å². The van der Waals surface area contributed by atoms with Gasteiger partial charge in [0, 0.05) is 34.6 Å². The molecular formula is C36H54FNO4Si2. The lowest BCUT2D eigenvalue weighted by Gasteiger charge is -2.42. The molecule has 2 aromatic carbocycles. The molecule has 242 valence electrons. The van der Waals surface area contributed by atoms with Crippen LogP contribution in [0.15, 0.2) is 54.6 Å². The number of nitrogens with zero attached hydrogens (tertiary/aromatic N) is 1. The van der Waals surface area contributed by atoms with Crippen LogP contribution < -0.4 is 0 Å². The summed E-state index contributed by atoms with van der Waals surface area (Å²) in [6.45, 7) is 26.3. The first-order valence-electron chi connectivity index (χ1n) is 15.8. The standard InChI is InChI=1S/C36H54FNO4Si2/c1-25(2)38-31-16-14-13-15-30(31)34(26-17-19-27(37)20-18-26)32(38)22-21-28(41-43(9,10)35(3,4)5)23-29(24-33(39)40)42-44(11,12)36(6,7)8/h13-22,25,28-29H,23-24H2,1-12H3,(H,39,40)/b22-21+/t28-,29-/m0/s1. The van der Waals surface area contributed by atoms with Crippen LogP contribution in [-0.2, 0) is 13.6 Å². The maximum Gasteiger partial charge on any atom is 0.305 e. The molecule has 8 heteroatoms. The van der Waals surface area contributed by atoms with Crippen molar-refractivity contribution >= 4 is 39.6 Å². The van der Waals surface area contributed by atoms with Gasteiger partial charge in [-0.05, 0) is 80.0 Å². The number of hydrogen-bond acceptors (Lipinski definition) is 3. The molecule has 3 rings (SSSR count). The van der Waals surface area contributed by atoms with Gasteiger partial charge in [-0.25, -0.2) is 4.39 Å². The number of carboxylic acid groups (broad SMARTS) is 1. The Kier molecular flexibility index (Phi) is 11.0. The fraction of sp³-hybridized carbons (Fsp3) is 0.528. The van der Waals surface area contributed by atoms with Crippen molar-refractivity contribution in [3.63, 3.8) is 0 Å². The number of benzene rings is 2. The first kappa shape index (κ1) is 35.9. The summed E-state index contributed by atoms with van der Waals surface area (Å²) in [6.07, 6.45) is 3.75. The molecule has 0 aliphatic heterocycles. The Bertz CT molecular complexity index is 1460. The van der Waals surface area contributed by atoms with Gasteiger partial charge in [-0.2, -0.15) is 0 Å². The fourth-order valence-electron chi connectivity index (χ4n) is 5.06. The lowest BCUT2D eigenvalue weighted by atomic mass is 10.0. The first-order chi connectivity index (χ1) is 20.1. The van der Waals surface area contributed by atoms with E-state index >= 15 is 0 Å². The van der Waals surface area contributed by atoms with Crippen molar-refractivity contribution in [2.24, 2.45) is 0 Å². The highest BCUT2D eigenvalue weighted by atomic mass is 28.4. The van der Waals surface area contributed by atoms with E-state index in [4.69, 9.17) is 8.85 Å². The quantitative estimate of drug-likeness (QED) is 0.200. The van der Waals surface area contributed by atoms with E-state index in [0.717, 1.165) is 27.7 Å². The average molecular weight is 640 g/mol. The van der Waals surface area contributed by atoms with Gasteiger partial charge in [0.15, 0.2) is 16.6 Å². The van der Waals surface area contributed by atoms with Crippen LogP contribution in [0.2, 0.25) is 36.3 Å². The maximum atomic E-state index is 14.0. The average Bonchev–Trinajstić information content (AvgIpc) is 3.20. The van der Waals surface area contributed by atoms with Crippen molar-refractivity contribution in [3.8, 4) is 11.1 Å². The highest BCUT2D eigenvalue weighted by molar-refractivity contribution is 6.74. The van der Waals surface area contributed by atoms with Gasteiger partial charge in [0.1, 0.15) is 5.82 Å². The summed E-state index contributed by atoms with van der Waals surface area (Å²) < 4.78 is 30.0. The molecule has 0 fully saturated rings. The lowest BCUT2D eigenvalue weighted by Crippen LogP contribution is -2.47. The number of hydrogen-bond donors (Lipinski definition) is 1. The van der Waals surface area contributed by atoms with Gasteiger partial charge in [-0.1, -0.05) is 78.0 Å². The van der Waals surface area contributed by atoms with Crippen LogP contribution in [0.3, 0.4) is 0 Å². The monoisotopic (exact) mass is 639 g/mol. The Morgan fingerprint density at radius 2 is 1.45 bits per heavy atom. The largest absolute Gasteiger partial charge is 0.481 e. The maximum absolute atomic E-state index is 14.0. The zero-order valence-electron chi connectivity index (χ0n) is 28.9. The second-order valence-electron chi connectivity index (χ2n) is 15.4. The number of aromatic nitrogens is 1. The molecule has 1 aromatic heterocycles. The number of carbonyl (C=O) groups is 1. The molecule has 0 radical (unpaired) electrons. The molecule has 0 aliphatic carbocycles. The van der Waals surface area contributed by atoms with Crippen LogP contribution in [0.4, 0.5) is 4.39 Å². The number of rotatable bonds is 12. The van der Waals surface area contributed by atoms with Crippen molar-refractivity contribution in [1.29, 1.82) is 0 Å². The van der Waals surface area contributed by atoms with Gasteiger partial charge in [0.05, 0.1) is 18.6 Å². The van der Waals surface area contributed by atoms with E-state index in [9.17, 15) is 14.3 Å². The SMILES string of the molecule is CC(C)n1c(/C=C/[C@@H](C[C@@H](CC(=O)O)O[Si](C)(C)C(C)(C)C)O[Si](C)(C)C(C)(C)C)c(-c2ccc(F)cc2)c2ccccc21. The van der Waals surface area contributed by atoms with Gasteiger partial charge in [0.2, 0.25) is 0 Å². The predicted molar refractivity (Wildman–Crippen MR) is 188 cm³/mol. The second-order valence-corrected chi connectivity index (χ2v) is 24.9. The minimum absolute atomic E-state index is 0.0340. The highest BCUT2D eigenvalue weighted by Gasteiger charge is 2.42. The minimum atomic E-state index is -2.25. The van der Waals surface area contributed by atoms with Crippen molar-refractivity contribution in [2.75, 3.05) is 0 Å². The molecule has 44 heavy (non-hydrogen) atoms. The van der Waals surface area contributed by atoms with Crippen molar-refractivity contribution in [3.05, 3.63) is 66.1 Å². The molecule has 0 aliphatic rings.